The molecule has 0 radical (unpaired) electrons. The van der Waals surface area contributed by atoms with E-state index >= 15 is 0 Å². The highest BCUT2D eigenvalue weighted by Crippen LogP contribution is 2.24. The fourth-order valence-electron chi connectivity index (χ4n) is 2.39. The smallest absolute Gasteiger partial charge is 0.247 e. The minimum absolute atomic E-state index is 0.489. The van der Waals surface area contributed by atoms with Crippen molar-refractivity contribution in [2.24, 2.45) is 0 Å². The van der Waals surface area contributed by atoms with Crippen LogP contribution >= 0.6 is 11.6 Å². The van der Waals surface area contributed by atoms with Gasteiger partial charge in [-0.1, -0.05) is 11.6 Å². The fraction of sp³-hybridized carbons (Fsp3) is 0.429. The molecule has 1 unspecified atom stereocenters. The van der Waals surface area contributed by atoms with Crippen LogP contribution in [0.3, 0.4) is 0 Å². The molecular formula is C14H16ClN3O2. The Hall–Kier alpha value is -1.43. The Morgan fingerprint density at radius 3 is 2.75 bits per heavy atom. The monoisotopic (exact) mass is 293 g/mol. The van der Waals surface area contributed by atoms with Gasteiger partial charge >= 0.3 is 0 Å². The standard InChI is InChI=1S/C14H16ClN3O2/c1-14(19)6-7-18(9-14)8-12-16-17-13(20-12)10-2-4-11(15)5-3-10/h2-5,19H,6-9H2,1H3. The summed E-state index contributed by atoms with van der Waals surface area (Å²) in [5.41, 5.74) is 0.237. The van der Waals surface area contributed by atoms with Gasteiger partial charge in [0.15, 0.2) is 0 Å². The zero-order valence-corrected chi connectivity index (χ0v) is 12.0. The van der Waals surface area contributed by atoms with Gasteiger partial charge in [-0.25, -0.2) is 0 Å². The normalized spacial score (nSPS) is 23.4. The van der Waals surface area contributed by atoms with Gasteiger partial charge in [0, 0.05) is 23.7 Å². The number of aliphatic hydroxyl groups is 1. The third-order valence-electron chi connectivity index (χ3n) is 3.45. The predicted octanol–water partition coefficient (Wildman–Crippen LogP) is 2.35. The summed E-state index contributed by atoms with van der Waals surface area (Å²) in [7, 11) is 0. The summed E-state index contributed by atoms with van der Waals surface area (Å²) in [6.45, 7) is 3.88. The van der Waals surface area contributed by atoms with Crippen LogP contribution in [0, 0.1) is 0 Å². The number of rotatable bonds is 3. The SMILES string of the molecule is CC1(O)CCN(Cc2nnc(-c3ccc(Cl)cc3)o2)C1. The lowest BCUT2D eigenvalue weighted by Crippen LogP contribution is -2.29. The van der Waals surface area contributed by atoms with E-state index in [1.54, 1.807) is 12.1 Å². The first kappa shape index (κ1) is 13.5. The molecule has 1 aromatic carbocycles. The van der Waals surface area contributed by atoms with E-state index in [0.717, 1.165) is 18.5 Å². The predicted molar refractivity (Wildman–Crippen MR) is 75.3 cm³/mol. The first-order valence-corrected chi connectivity index (χ1v) is 6.93. The van der Waals surface area contributed by atoms with Crippen LogP contribution in [-0.4, -0.2) is 38.9 Å². The van der Waals surface area contributed by atoms with E-state index in [1.807, 2.05) is 19.1 Å². The summed E-state index contributed by atoms with van der Waals surface area (Å²) >= 11 is 5.85. The van der Waals surface area contributed by atoms with Crippen LogP contribution in [0.25, 0.3) is 11.5 Å². The molecule has 0 aliphatic carbocycles. The molecule has 1 aliphatic heterocycles. The van der Waals surface area contributed by atoms with Crippen molar-refractivity contribution in [1.29, 1.82) is 0 Å². The summed E-state index contributed by atoms with van der Waals surface area (Å²) in [5, 5.41) is 18.7. The van der Waals surface area contributed by atoms with E-state index in [9.17, 15) is 5.11 Å². The Labute approximate surface area is 122 Å². The van der Waals surface area contributed by atoms with E-state index in [2.05, 4.69) is 15.1 Å². The lowest BCUT2D eigenvalue weighted by Gasteiger charge is -2.16. The van der Waals surface area contributed by atoms with Gasteiger partial charge in [-0.2, -0.15) is 0 Å². The Morgan fingerprint density at radius 1 is 1.35 bits per heavy atom. The van der Waals surface area contributed by atoms with Crippen molar-refractivity contribution in [3.63, 3.8) is 0 Å². The Kier molecular flexibility index (Phi) is 3.50. The maximum atomic E-state index is 9.93. The molecule has 2 heterocycles. The zero-order chi connectivity index (χ0) is 14.2. The average molecular weight is 294 g/mol. The van der Waals surface area contributed by atoms with Crippen molar-refractivity contribution in [2.75, 3.05) is 13.1 Å². The van der Waals surface area contributed by atoms with Crippen molar-refractivity contribution in [3.05, 3.63) is 35.2 Å². The van der Waals surface area contributed by atoms with Crippen molar-refractivity contribution in [1.82, 2.24) is 15.1 Å². The van der Waals surface area contributed by atoms with Crippen LogP contribution in [0.2, 0.25) is 5.02 Å². The summed E-state index contributed by atoms with van der Waals surface area (Å²) < 4.78 is 5.65. The van der Waals surface area contributed by atoms with Crippen molar-refractivity contribution >= 4 is 11.6 Å². The quantitative estimate of drug-likeness (QED) is 0.941. The number of likely N-dealkylation sites (tertiary alicyclic amines) is 1. The van der Waals surface area contributed by atoms with Crippen LogP contribution in [0.1, 0.15) is 19.2 Å². The number of halogens is 1. The minimum atomic E-state index is -0.612. The molecule has 1 aliphatic rings. The van der Waals surface area contributed by atoms with E-state index in [4.69, 9.17) is 16.0 Å². The third-order valence-corrected chi connectivity index (χ3v) is 3.70. The fourth-order valence-corrected chi connectivity index (χ4v) is 2.52. The molecule has 3 rings (SSSR count). The summed E-state index contributed by atoms with van der Waals surface area (Å²) in [5.74, 6) is 1.05. The molecular weight excluding hydrogens is 278 g/mol. The first-order valence-electron chi connectivity index (χ1n) is 6.55. The van der Waals surface area contributed by atoms with Crippen LogP contribution in [0.15, 0.2) is 28.7 Å². The lowest BCUT2D eigenvalue weighted by atomic mass is 10.1. The average Bonchev–Trinajstić information content (AvgIpc) is 2.98. The van der Waals surface area contributed by atoms with E-state index in [0.29, 0.717) is 29.9 Å². The number of nitrogens with zero attached hydrogens (tertiary/aromatic N) is 3. The summed E-state index contributed by atoms with van der Waals surface area (Å²) in [6.07, 6.45) is 0.769. The topological polar surface area (TPSA) is 62.4 Å². The molecule has 1 atom stereocenters. The number of hydrogen-bond acceptors (Lipinski definition) is 5. The van der Waals surface area contributed by atoms with Crippen LogP contribution in [0.4, 0.5) is 0 Å². The Bertz CT molecular complexity index is 595. The molecule has 1 N–H and O–H groups in total. The number of aromatic nitrogens is 2. The van der Waals surface area contributed by atoms with Gasteiger partial charge in [0.25, 0.3) is 0 Å². The molecule has 1 saturated heterocycles. The minimum Gasteiger partial charge on any atom is -0.419 e. The highest BCUT2D eigenvalue weighted by atomic mass is 35.5. The largest absolute Gasteiger partial charge is 0.419 e. The summed E-state index contributed by atoms with van der Waals surface area (Å²) in [6, 6.07) is 7.28. The number of benzene rings is 1. The van der Waals surface area contributed by atoms with Gasteiger partial charge in [-0.05, 0) is 37.6 Å². The van der Waals surface area contributed by atoms with Crippen LogP contribution in [-0.2, 0) is 6.54 Å². The first-order chi connectivity index (χ1) is 9.52. The molecule has 0 saturated carbocycles. The van der Waals surface area contributed by atoms with E-state index < -0.39 is 5.60 Å². The van der Waals surface area contributed by atoms with Gasteiger partial charge in [0.05, 0.1) is 12.1 Å². The molecule has 106 valence electrons. The van der Waals surface area contributed by atoms with Gasteiger partial charge in [-0.3, -0.25) is 4.90 Å². The Morgan fingerprint density at radius 2 is 2.10 bits per heavy atom. The highest BCUT2D eigenvalue weighted by molar-refractivity contribution is 6.30. The van der Waals surface area contributed by atoms with Gasteiger partial charge in [-0.15, -0.1) is 10.2 Å². The summed E-state index contributed by atoms with van der Waals surface area (Å²) in [4.78, 5) is 2.11. The lowest BCUT2D eigenvalue weighted by molar-refractivity contribution is 0.0668. The van der Waals surface area contributed by atoms with E-state index in [-0.39, 0.29) is 0 Å². The van der Waals surface area contributed by atoms with Crippen LogP contribution < -0.4 is 0 Å². The molecule has 0 bridgehead atoms. The highest BCUT2D eigenvalue weighted by Gasteiger charge is 2.31. The van der Waals surface area contributed by atoms with Crippen molar-refractivity contribution in [3.8, 4) is 11.5 Å². The second kappa shape index (κ2) is 5.16. The molecule has 0 spiro atoms. The second-order valence-corrected chi connectivity index (χ2v) is 5.90. The molecule has 1 aromatic heterocycles. The maximum absolute atomic E-state index is 9.93. The zero-order valence-electron chi connectivity index (χ0n) is 11.2. The molecule has 0 amide bonds. The van der Waals surface area contributed by atoms with E-state index in [1.165, 1.54) is 0 Å². The Balaban J connectivity index is 1.70. The number of β-amino-alcohol motifs (C(OH)–C–C–N with tert-alkyl or cyclic N) is 1. The second-order valence-electron chi connectivity index (χ2n) is 5.47. The van der Waals surface area contributed by atoms with Crippen LogP contribution in [0.5, 0.6) is 0 Å². The molecule has 20 heavy (non-hydrogen) atoms. The van der Waals surface area contributed by atoms with Gasteiger partial charge in [0.1, 0.15) is 0 Å². The van der Waals surface area contributed by atoms with Gasteiger partial charge in [0.2, 0.25) is 11.8 Å². The third kappa shape index (κ3) is 3.00. The maximum Gasteiger partial charge on any atom is 0.247 e. The molecule has 1 fully saturated rings. The van der Waals surface area contributed by atoms with Gasteiger partial charge < -0.3 is 9.52 Å². The van der Waals surface area contributed by atoms with Crippen molar-refractivity contribution in [2.45, 2.75) is 25.5 Å². The molecule has 2 aromatic rings. The molecule has 6 heteroatoms. The molecule has 5 nitrogen and oxygen atoms in total. The number of hydrogen-bond donors (Lipinski definition) is 1. The van der Waals surface area contributed by atoms with Crippen molar-refractivity contribution < 1.29 is 9.52 Å².